The summed E-state index contributed by atoms with van der Waals surface area (Å²) >= 11 is 0. The van der Waals surface area contributed by atoms with E-state index in [2.05, 4.69) is 11.8 Å². The van der Waals surface area contributed by atoms with Crippen LogP contribution in [0.4, 0.5) is 14.6 Å². The van der Waals surface area contributed by atoms with E-state index in [1.807, 2.05) is 76.4 Å². The largest absolute Gasteiger partial charge is 0.488 e. The average molecular weight is 678 g/mol. The zero-order chi connectivity index (χ0) is 35.2. The lowest BCUT2D eigenvalue weighted by atomic mass is 9.92. The number of halogens is 2. The summed E-state index contributed by atoms with van der Waals surface area (Å²) in [4.78, 5) is 20.2. The van der Waals surface area contributed by atoms with Gasteiger partial charge in [0.2, 0.25) is 0 Å². The van der Waals surface area contributed by atoms with E-state index in [0.29, 0.717) is 67.2 Å². The predicted octanol–water partition coefficient (Wildman–Crippen LogP) is 7.68. The molecule has 7 rings (SSSR count). The SMILES string of the molecule is Cc1c([C@@H](OC(C)(C)C)C(=O)O)c2n3cc(nc3c1C)-c1cccc(c1)-c1cc(F)c(F)cc1O[C@@H](C)COCCOC1(C)CCN2CC1. The molecule has 2 aromatic heterocycles. The number of aryl methyl sites for hydroxylation is 1. The maximum Gasteiger partial charge on any atom is 0.337 e. The van der Waals surface area contributed by atoms with E-state index in [0.717, 1.165) is 34.6 Å². The van der Waals surface area contributed by atoms with Crippen molar-refractivity contribution in [2.45, 2.75) is 84.7 Å². The summed E-state index contributed by atoms with van der Waals surface area (Å²) in [5.41, 5.74) is 4.16. The number of anilines is 1. The number of hydrogen-bond acceptors (Lipinski definition) is 7. The van der Waals surface area contributed by atoms with Crippen molar-refractivity contribution in [3.05, 3.63) is 70.9 Å². The van der Waals surface area contributed by atoms with E-state index in [1.54, 1.807) is 0 Å². The monoisotopic (exact) mass is 677 g/mol. The van der Waals surface area contributed by atoms with Crippen LogP contribution >= 0.6 is 0 Å². The van der Waals surface area contributed by atoms with Gasteiger partial charge in [-0.05, 0) is 90.1 Å². The Morgan fingerprint density at radius 2 is 1.76 bits per heavy atom. The van der Waals surface area contributed by atoms with Crippen LogP contribution in [0.15, 0.2) is 42.6 Å². The highest BCUT2D eigenvalue weighted by Gasteiger charge is 2.38. The maximum atomic E-state index is 14.7. The lowest BCUT2D eigenvalue weighted by molar-refractivity contribution is -0.160. The first-order valence-electron chi connectivity index (χ1n) is 16.8. The fraction of sp³-hybridized carbons (Fsp3) is 0.474. The van der Waals surface area contributed by atoms with Crippen molar-refractivity contribution in [1.29, 1.82) is 0 Å². The van der Waals surface area contributed by atoms with E-state index >= 15 is 0 Å². The highest BCUT2D eigenvalue weighted by molar-refractivity contribution is 5.81. The number of benzene rings is 2. The molecule has 0 unspecified atom stereocenters. The summed E-state index contributed by atoms with van der Waals surface area (Å²) in [5.74, 6) is -2.15. The van der Waals surface area contributed by atoms with Gasteiger partial charge in [0.05, 0.1) is 36.7 Å². The van der Waals surface area contributed by atoms with Crippen molar-refractivity contribution in [3.63, 3.8) is 0 Å². The highest BCUT2D eigenvalue weighted by Crippen LogP contribution is 2.41. The van der Waals surface area contributed by atoms with Gasteiger partial charge in [0.25, 0.3) is 0 Å². The zero-order valence-corrected chi connectivity index (χ0v) is 29.2. The molecule has 5 heterocycles. The average Bonchev–Trinajstić information content (AvgIpc) is 3.48. The van der Waals surface area contributed by atoms with Crippen molar-refractivity contribution < 1.29 is 37.6 Å². The number of carboxylic acids is 1. The lowest BCUT2D eigenvalue weighted by Gasteiger charge is -2.42. The fourth-order valence-corrected chi connectivity index (χ4v) is 6.72. The van der Waals surface area contributed by atoms with Crippen LogP contribution in [0.3, 0.4) is 0 Å². The summed E-state index contributed by atoms with van der Waals surface area (Å²) < 4.78 is 55.7. The van der Waals surface area contributed by atoms with Gasteiger partial charge in [-0.25, -0.2) is 18.6 Å². The molecule has 2 atom stereocenters. The molecule has 11 heteroatoms. The Morgan fingerprint density at radius 1 is 1.06 bits per heavy atom. The summed E-state index contributed by atoms with van der Waals surface area (Å²) in [6.07, 6.45) is 1.67. The van der Waals surface area contributed by atoms with E-state index in [1.165, 1.54) is 0 Å². The highest BCUT2D eigenvalue weighted by atomic mass is 19.2. The summed E-state index contributed by atoms with van der Waals surface area (Å²) in [6.45, 7) is 15.5. The molecule has 262 valence electrons. The van der Waals surface area contributed by atoms with Crippen molar-refractivity contribution in [2.75, 3.05) is 37.8 Å². The number of carboxylic acid groups (broad SMARTS) is 1. The molecular formula is C38H45F2N3O6. The summed E-state index contributed by atoms with van der Waals surface area (Å²) in [5, 5.41) is 10.6. The second kappa shape index (κ2) is 13.3. The Morgan fingerprint density at radius 3 is 2.45 bits per heavy atom. The van der Waals surface area contributed by atoms with E-state index in [9.17, 15) is 18.7 Å². The predicted molar refractivity (Wildman–Crippen MR) is 183 cm³/mol. The van der Waals surface area contributed by atoms with Crippen LogP contribution in [0.5, 0.6) is 5.75 Å². The number of carbonyl (C=O) groups is 1. The van der Waals surface area contributed by atoms with Crippen LogP contribution in [-0.4, -0.2) is 70.7 Å². The Kier molecular flexibility index (Phi) is 9.47. The van der Waals surface area contributed by atoms with Crippen molar-refractivity contribution >= 4 is 17.4 Å². The molecule has 0 spiro atoms. The molecule has 0 radical (unpaired) electrons. The van der Waals surface area contributed by atoms with Gasteiger partial charge in [-0.2, -0.15) is 0 Å². The third kappa shape index (κ3) is 7.15. The Balaban J connectivity index is 1.57. The third-order valence-corrected chi connectivity index (χ3v) is 9.41. The van der Waals surface area contributed by atoms with Crippen molar-refractivity contribution in [2.24, 2.45) is 0 Å². The minimum absolute atomic E-state index is 0.197. The third-order valence-electron chi connectivity index (χ3n) is 9.41. The maximum absolute atomic E-state index is 14.7. The first-order valence-corrected chi connectivity index (χ1v) is 16.8. The van der Waals surface area contributed by atoms with Crippen LogP contribution in [-0.2, 0) is 19.0 Å². The Hall–Kier alpha value is -4.06. The van der Waals surface area contributed by atoms with E-state index < -0.39 is 41.0 Å². The lowest BCUT2D eigenvalue weighted by Crippen LogP contribution is -2.46. The number of ether oxygens (including phenoxy) is 4. The summed E-state index contributed by atoms with van der Waals surface area (Å²) in [6, 6.07) is 9.64. The number of aliphatic carboxylic acids is 1. The number of nitrogens with zero attached hydrogens (tertiary/aromatic N) is 3. The normalized spacial score (nSPS) is 21.0. The molecular weight excluding hydrogens is 632 g/mol. The molecule has 49 heavy (non-hydrogen) atoms. The van der Waals surface area contributed by atoms with Crippen molar-refractivity contribution in [1.82, 2.24) is 9.38 Å². The molecule has 2 aromatic carbocycles. The number of piperidine rings is 1. The summed E-state index contributed by atoms with van der Waals surface area (Å²) in [7, 11) is 0. The van der Waals surface area contributed by atoms with Gasteiger partial charge in [-0.1, -0.05) is 18.2 Å². The number of hydrogen-bond donors (Lipinski definition) is 1. The minimum Gasteiger partial charge on any atom is -0.488 e. The zero-order valence-electron chi connectivity index (χ0n) is 29.2. The molecule has 0 amide bonds. The van der Waals surface area contributed by atoms with E-state index in [4.69, 9.17) is 23.9 Å². The first kappa shape index (κ1) is 34.8. The number of pyridine rings is 1. The molecule has 9 nitrogen and oxygen atoms in total. The van der Waals surface area contributed by atoms with E-state index in [-0.39, 0.29) is 12.4 Å². The molecule has 4 aromatic rings. The smallest absolute Gasteiger partial charge is 0.337 e. The Bertz CT molecular complexity index is 1880. The second-order valence-corrected chi connectivity index (χ2v) is 14.4. The Labute approximate surface area is 285 Å². The van der Waals surface area contributed by atoms with Gasteiger partial charge >= 0.3 is 5.97 Å². The molecule has 0 aliphatic carbocycles. The number of fused-ring (bicyclic) bond motifs is 8. The fourth-order valence-electron chi connectivity index (χ4n) is 6.72. The minimum atomic E-state index is -1.23. The van der Waals surface area contributed by atoms with Crippen LogP contribution in [0.1, 0.15) is 70.3 Å². The van der Waals surface area contributed by atoms with Gasteiger partial charge in [0, 0.05) is 42.0 Å². The van der Waals surface area contributed by atoms with Gasteiger partial charge in [-0.3, -0.25) is 4.40 Å². The van der Waals surface area contributed by atoms with Crippen molar-refractivity contribution in [3.8, 4) is 28.1 Å². The molecule has 0 saturated carbocycles. The van der Waals surface area contributed by atoms with Crippen LogP contribution in [0, 0.1) is 25.5 Å². The number of imidazole rings is 1. The van der Waals surface area contributed by atoms with Crippen LogP contribution < -0.4 is 9.64 Å². The van der Waals surface area contributed by atoms with Gasteiger partial charge in [0.15, 0.2) is 17.7 Å². The molecule has 3 aliphatic rings. The molecule has 3 aliphatic heterocycles. The molecule has 1 N–H and O–H groups in total. The molecule has 6 bridgehead atoms. The topological polar surface area (TPSA) is 94.8 Å². The molecule has 1 saturated heterocycles. The van der Waals surface area contributed by atoms with Gasteiger partial charge in [0.1, 0.15) is 23.3 Å². The van der Waals surface area contributed by atoms with Crippen LogP contribution in [0.25, 0.3) is 28.0 Å². The van der Waals surface area contributed by atoms with Gasteiger partial charge in [-0.15, -0.1) is 0 Å². The number of rotatable bonds is 3. The van der Waals surface area contributed by atoms with Gasteiger partial charge < -0.3 is 29.0 Å². The first-order chi connectivity index (χ1) is 23.1. The molecule has 1 fully saturated rings. The van der Waals surface area contributed by atoms with Crippen LogP contribution in [0.2, 0.25) is 0 Å². The quantitative estimate of drug-likeness (QED) is 0.221. The second-order valence-electron chi connectivity index (χ2n) is 14.4. The number of aromatic nitrogens is 2. The standard InChI is InChI=1S/C38H45F2N3O6/c1-22-21-46-15-16-47-38(7)11-13-42(14-12-38)35-32(33(36(44)45)49-37(4,5)6)23(2)24(3)34-41-30(20-43(34)35)26-10-8-9-25(17-26)27-18-28(39)29(40)19-31(27)48-22/h8-10,17-20,22,33H,11-16,21H2,1-7H3,(H,44,45)/t22-,33+/m0/s1.